The van der Waals surface area contributed by atoms with Crippen molar-refractivity contribution in [1.29, 1.82) is 0 Å². The molecule has 2 amide bonds. The average molecular weight is 382 g/mol. The minimum Gasteiger partial charge on any atom is -0.467 e. The molecule has 0 unspecified atom stereocenters. The molecule has 3 rings (SSSR count). The predicted octanol–water partition coefficient (Wildman–Crippen LogP) is 3.62. The van der Waals surface area contributed by atoms with E-state index >= 15 is 0 Å². The van der Waals surface area contributed by atoms with Crippen molar-refractivity contribution in [2.45, 2.75) is 25.9 Å². The predicted molar refractivity (Wildman–Crippen MR) is 105 cm³/mol. The molecular weight excluding hydrogens is 360 g/mol. The van der Waals surface area contributed by atoms with Crippen molar-refractivity contribution in [3.05, 3.63) is 82.4 Å². The van der Waals surface area contributed by atoms with Crippen molar-refractivity contribution < 1.29 is 14.0 Å². The number of amides is 2. The fraction of sp³-hybridized carbons (Fsp3) is 0.238. The molecule has 5 nitrogen and oxygen atoms in total. The first kappa shape index (κ1) is 18.9. The van der Waals surface area contributed by atoms with Crippen LogP contribution in [0, 0.1) is 0 Å². The second-order valence-electron chi connectivity index (χ2n) is 6.17. The third-order valence-corrected chi connectivity index (χ3v) is 4.94. The minimum atomic E-state index is -0.0789. The van der Waals surface area contributed by atoms with Gasteiger partial charge in [-0.2, -0.15) is 0 Å². The van der Waals surface area contributed by atoms with Gasteiger partial charge in [-0.25, -0.2) is 0 Å². The summed E-state index contributed by atoms with van der Waals surface area (Å²) in [6, 6.07) is 17.2. The monoisotopic (exact) mass is 382 g/mol. The van der Waals surface area contributed by atoms with E-state index in [4.69, 9.17) is 4.42 Å². The molecule has 6 heteroatoms. The van der Waals surface area contributed by atoms with E-state index in [9.17, 15) is 9.59 Å². The molecule has 0 aliphatic heterocycles. The van der Waals surface area contributed by atoms with Gasteiger partial charge in [0.05, 0.1) is 25.8 Å². The second-order valence-corrected chi connectivity index (χ2v) is 7.20. The first-order chi connectivity index (χ1) is 13.2. The standard InChI is InChI=1S/C21H22N2O3S/c24-20(14-17-6-2-1-3-7-17)22-11-10-21(25)23(15-18-8-4-12-26-18)16-19-9-5-13-27-19/h1-9,12-13H,10-11,14-16H2,(H,22,24). The quantitative estimate of drug-likeness (QED) is 0.615. The Morgan fingerprint density at radius 3 is 2.56 bits per heavy atom. The molecule has 0 bridgehead atoms. The van der Waals surface area contributed by atoms with Crippen LogP contribution in [0.1, 0.15) is 22.6 Å². The Hall–Kier alpha value is -2.86. The Morgan fingerprint density at radius 1 is 1.00 bits per heavy atom. The van der Waals surface area contributed by atoms with Crippen LogP contribution in [-0.2, 0) is 29.1 Å². The topological polar surface area (TPSA) is 62.6 Å². The summed E-state index contributed by atoms with van der Waals surface area (Å²) >= 11 is 1.62. The van der Waals surface area contributed by atoms with Crippen LogP contribution in [0.5, 0.6) is 0 Å². The molecule has 0 atom stereocenters. The Bertz CT molecular complexity index is 793. The van der Waals surface area contributed by atoms with Crippen LogP contribution in [0.15, 0.2) is 70.7 Å². The third kappa shape index (κ3) is 6.11. The lowest BCUT2D eigenvalue weighted by Crippen LogP contribution is -2.34. The fourth-order valence-electron chi connectivity index (χ4n) is 2.72. The molecule has 0 radical (unpaired) electrons. The summed E-state index contributed by atoms with van der Waals surface area (Å²) < 4.78 is 5.38. The van der Waals surface area contributed by atoms with E-state index in [0.29, 0.717) is 26.1 Å². The zero-order valence-corrected chi connectivity index (χ0v) is 15.8. The number of carbonyl (C=O) groups excluding carboxylic acids is 2. The van der Waals surface area contributed by atoms with E-state index in [0.717, 1.165) is 16.2 Å². The molecule has 0 spiro atoms. The molecule has 0 fully saturated rings. The molecule has 1 aromatic carbocycles. The smallest absolute Gasteiger partial charge is 0.225 e. The Morgan fingerprint density at radius 2 is 1.85 bits per heavy atom. The highest BCUT2D eigenvalue weighted by molar-refractivity contribution is 7.09. The Kier molecular flexibility index (Phi) is 6.82. The van der Waals surface area contributed by atoms with Crippen LogP contribution < -0.4 is 5.32 Å². The van der Waals surface area contributed by atoms with Gasteiger partial charge in [-0.15, -0.1) is 11.3 Å². The molecule has 1 N–H and O–H groups in total. The number of thiophene rings is 1. The molecule has 0 saturated heterocycles. The number of nitrogens with zero attached hydrogens (tertiary/aromatic N) is 1. The highest BCUT2D eigenvalue weighted by Gasteiger charge is 2.16. The molecule has 0 aliphatic rings. The van der Waals surface area contributed by atoms with Gasteiger partial charge in [-0.1, -0.05) is 36.4 Å². The zero-order chi connectivity index (χ0) is 18.9. The summed E-state index contributed by atoms with van der Waals surface area (Å²) in [5, 5.41) is 4.82. The average Bonchev–Trinajstić information content (AvgIpc) is 3.36. The summed E-state index contributed by atoms with van der Waals surface area (Å²) in [7, 11) is 0. The molecule has 0 aliphatic carbocycles. The highest BCUT2D eigenvalue weighted by atomic mass is 32.1. The maximum Gasteiger partial charge on any atom is 0.225 e. The van der Waals surface area contributed by atoms with Crippen molar-refractivity contribution in [3.63, 3.8) is 0 Å². The van der Waals surface area contributed by atoms with Gasteiger partial charge >= 0.3 is 0 Å². The number of furan rings is 1. The lowest BCUT2D eigenvalue weighted by molar-refractivity contribution is -0.132. The lowest BCUT2D eigenvalue weighted by Gasteiger charge is -2.21. The Balaban J connectivity index is 1.50. The van der Waals surface area contributed by atoms with Crippen molar-refractivity contribution in [2.75, 3.05) is 6.54 Å². The van der Waals surface area contributed by atoms with Gasteiger partial charge in [-0.05, 0) is 29.1 Å². The third-order valence-electron chi connectivity index (χ3n) is 4.07. The SMILES string of the molecule is O=C(Cc1ccccc1)NCCC(=O)N(Cc1ccco1)Cc1cccs1. The summed E-state index contributed by atoms with van der Waals surface area (Å²) in [4.78, 5) is 27.6. The Labute approximate surface area is 162 Å². The molecule has 27 heavy (non-hydrogen) atoms. The van der Waals surface area contributed by atoms with Crippen LogP contribution in [-0.4, -0.2) is 23.3 Å². The van der Waals surface area contributed by atoms with E-state index < -0.39 is 0 Å². The van der Waals surface area contributed by atoms with Gasteiger partial charge in [0.1, 0.15) is 5.76 Å². The lowest BCUT2D eigenvalue weighted by atomic mass is 10.1. The molecule has 3 aromatic rings. The van der Waals surface area contributed by atoms with Gasteiger partial charge < -0.3 is 14.6 Å². The van der Waals surface area contributed by atoms with Crippen LogP contribution in [0.2, 0.25) is 0 Å². The van der Waals surface area contributed by atoms with E-state index in [-0.39, 0.29) is 18.2 Å². The van der Waals surface area contributed by atoms with Gasteiger partial charge in [0.15, 0.2) is 0 Å². The maximum atomic E-state index is 12.7. The number of benzene rings is 1. The number of hydrogen-bond donors (Lipinski definition) is 1. The molecule has 2 aromatic heterocycles. The van der Waals surface area contributed by atoms with E-state index in [1.165, 1.54) is 0 Å². The molecule has 0 saturated carbocycles. The summed E-state index contributed by atoms with van der Waals surface area (Å²) in [5.74, 6) is 0.651. The normalized spacial score (nSPS) is 10.5. The van der Waals surface area contributed by atoms with Crippen LogP contribution >= 0.6 is 11.3 Å². The van der Waals surface area contributed by atoms with Crippen LogP contribution in [0.4, 0.5) is 0 Å². The van der Waals surface area contributed by atoms with E-state index in [1.807, 2.05) is 60.0 Å². The summed E-state index contributed by atoms with van der Waals surface area (Å²) in [5.41, 5.74) is 0.957. The van der Waals surface area contributed by atoms with Crippen LogP contribution in [0.3, 0.4) is 0 Å². The zero-order valence-electron chi connectivity index (χ0n) is 15.0. The number of nitrogens with one attached hydrogen (secondary N) is 1. The molecule has 2 heterocycles. The van der Waals surface area contributed by atoms with Gasteiger partial charge in [0.2, 0.25) is 11.8 Å². The van der Waals surface area contributed by atoms with Gasteiger partial charge in [0, 0.05) is 17.8 Å². The first-order valence-electron chi connectivity index (χ1n) is 8.84. The summed E-state index contributed by atoms with van der Waals surface area (Å²) in [6.07, 6.45) is 2.18. The van der Waals surface area contributed by atoms with Crippen molar-refractivity contribution in [2.24, 2.45) is 0 Å². The van der Waals surface area contributed by atoms with Crippen molar-refractivity contribution >= 4 is 23.2 Å². The van der Waals surface area contributed by atoms with Crippen molar-refractivity contribution in [3.8, 4) is 0 Å². The number of hydrogen-bond acceptors (Lipinski definition) is 4. The molecular formula is C21H22N2O3S. The maximum absolute atomic E-state index is 12.7. The highest BCUT2D eigenvalue weighted by Crippen LogP contribution is 2.15. The first-order valence-corrected chi connectivity index (χ1v) is 9.72. The van der Waals surface area contributed by atoms with Gasteiger partial charge in [0.25, 0.3) is 0 Å². The van der Waals surface area contributed by atoms with Gasteiger partial charge in [-0.3, -0.25) is 9.59 Å². The minimum absolute atomic E-state index is 0.0141. The number of carbonyl (C=O) groups is 2. The van der Waals surface area contributed by atoms with E-state index in [1.54, 1.807) is 22.5 Å². The largest absolute Gasteiger partial charge is 0.467 e. The molecule has 140 valence electrons. The fourth-order valence-corrected chi connectivity index (χ4v) is 3.44. The summed E-state index contributed by atoms with van der Waals surface area (Å²) in [6.45, 7) is 1.28. The van der Waals surface area contributed by atoms with Crippen molar-refractivity contribution in [1.82, 2.24) is 10.2 Å². The van der Waals surface area contributed by atoms with E-state index in [2.05, 4.69) is 5.32 Å². The van der Waals surface area contributed by atoms with Crippen LogP contribution in [0.25, 0.3) is 0 Å². The number of rotatable bonds is 9. The second kappa shape index (κ2) is 9.73.